The highest BCUT2D eigenvalue weighted by atomic mass is 16.5. The van der Waals surface area contributed by atoms with E-state index in [2.05, 4.69) is 5.32 Å². The number of aliphatic hydroxyl groups excluding tert-OH is 1. The van der Waals surface area contributed by atoms with Gasteiger partial charge in [-0.15, -0.1) is 0 Å². The summed E-state index contributed by atoms with van der Waals surface area (Å²) in [5.74, 6) is 0.431. The largest absolute Gasteiger partial charge is 0.497 e. The quantitative estimate of drug-likeness (QED) is 0.891. The van der Waals surface area contributed by atoms with Crippen LogP contribution in [0, 0.1) is 6.92 Å². The second kappa shape index (κ2) is 6.95. The van der Waals surface area contributed by atoms with Crippen LogP contribution in [-0.2, 0) is 4.79 Å². The summed E-state index contributed by atoms with van der Waals surface area (Å²) in [7, 11) is 3.00. The van der Waals surface area contributed by atoms with Crippen molar-refractivity contribution < 1.29 is 19.4 Å². The maximum atomic E-state index is 12.2. The first-order valence-electron chi connectivity index (χ1n) is 6.82. The third kappa shape index (κ3) is 3.56. The van der Waals surface area contributed by atoms with E-state index in [0.717, 1.165) is 5.56 Å². The molecule has 0 fully saturated rings. The maximum Gasteiger partial charge on any atom is 0.257 e. The van der Waals surface area contributed by atoms with Crippen molar-refractivity contribution in [2.45, 2.75) is 13.0 Å². The molecule has 116 valence electrons. The zero-order valence-corrected chi connectivity index (χ0v) is 12.8. The van der Waals surface area contributed by atoms with E-state index in [-0.39, 0.29) is 0 Å². The number of benzene rings is 2. The maximum absolute atomic E-state index is 12.2. The molecule has 1 atom stereocenters. The summed E-state index contributed by atoms with van der Waals surface area (Å²) in [5, 5.41) is 13.0. The molecular formula is C17H19NO4. The lowest BCUT2D eigenvalue weighted by molar-refractivity contribution is -0.124. The Labute approximate surface area is 129 Å². The molecule has 0 spiro atoms. The Morgan fingerprint density at radius 2 is 1.77 bits per heavy atom. The first-order chi connectivity index (χ1) is 10.5. The molecule has 0 aliphatic heterocycles. The number of methoxy groups -OCH3 is 2. The number of amides is 1. The lowest BCUT2D eigenvalue weighted by Crippen LogP contribution is -2.21. The van der Waals surface area contributed by atoms with E-state index in [9.17, 15) is 9.90 Å². The smallest absolute Gasteiger partial charge is 0.257 e. The number of hydrogen-bond donors (Lipinski definition) is 2. The van der Waals surface area contributed by atoms with Crippen LogP contribution in [0.2, 0.25) is 0 Å². The minimum atomic E-state index is -1.36. The molecule has 1 amide bonds. The highest BCUT2D eigenvalue weighted by molar-refractivity contribution is 5.95. The Bertz CT molecular complexity index is 652. The summed E-state index contributed by atoms with van der Waals surface area (Å²) in [6, 6.07) is 12.3. The number of carbonyl (C=O) groups is 1. The van der Waals surface area contributed by atoms with Gasteiger partial charge in [0.2, 0.25) is 0 Å². The molecule has 0 aliphatic carbocycles. The van der Waals surface area contributed by atoms with Crippen LogP contribution in [0.25, 0.3) is 0 Å². The SMILES string of the molecule is COc1ccc(OC)c(C(O)C(=O)Nc2ccc(C)cc2)c1. The van der Waals surface area contributed by atoms with Crippen molar-refractivity contribution in [3.05, 3.63) is 53.6 Å². The number of ether oxygens (including phenoxy) is 2. The van der Waals surface area contributed by atoms with Crippen LogP contribution in [0.4, 0.5) is 5.69 Å². The number of aryl methyl sites for hydroxylation is 1. The van der Waals surface area contributed by atoms with Gasteiger partial charge >= 0.3 is 0 Å². The lowest BCUT2D eigenvalue weighted by atomic mass is 10.1. The lowest BCUT2D eigenvalue weighted by Gasteiger charge is -2.16. The normalized spacial score (nSPS) is 11.6. The molecular weight excluding hydrogens is 282 g/mol. The van der Waals surface area contributed by atoms with Crippen molar-refractivity contribution in [3.63, 3.8) is 0 Å². The molecule has 2 aromatic rings. The molecule has 2 N–H and O–H groups in total. The van der Waals surface area contributed by atoms with E-state index in [0.29, 0.717) is 22.7 Å². The summed E-state index contributed by atoms with van der Waals surface area (Å²) in [6.45, 7) is 1.96. The molecule has 0 radical (unpaired) electrons. The average molecular weight is 301 g/mol. The number of rotatable bonds is 5. The molecule has 0 saturated carbocycles. The number of aliphatic hydroxyl groups is 1. The molecule has 2 aromatic carbocycles. The first kappa shape index (κ1) is 15.9. The number of nitrogens with one attached hydrogen (secondary N) is 1. The van der Waals surface area contributed by atoms with Gasteiger partial charge in [-0.25, -0.2) is 0 Å². The third-order valence-corrected chi connectivity index (χ3v) is 3.30. The number of carbonyl (C=O) groups excluding carboxylic acids is 1. The Balaban J connectivity index is 2.21. The predicted octanol–water partition coefficient (Wildman–Crippen LogP) is 2.68. The van der Waals surface area contributed by atoms with Crippen molar-refractivity contribution in [3.8, 4) is 11.5 Å². The zero-order valence-electron chi connectivity index (χ0n) is 12.8. The number of hydrogen-bond acceptors (Lipinski definition) is 4. The van der Waals surface area contributed by atoms with Crippen molar-refractivity contribution in [2.75, 3.05) is 19.5 Å². The fourth-order valence-electron chi connectivity index (χ4n) is 2.04. The van der Waals surface area contributed by atoms with Gasteiger partial charge in [0, 0.05) is 11.3 Å². The molecule has 0 heterocycles. The highest BCUT2D eigenvalue weighted by Crippen LogP contribution is 2.30. The van der Waals surface area contributed by atoms with E-state index in [4.69, 9.17) is 9.47 Å². The molecule has 2 rings (SSSR count). The highest BCUT2D eigenvalue weighted by Gasteiger charge is 2.22. The summed E-state index contributed by atoms with van der Waals surface area (Å²) in [6.07, 6.45) is -1.36. The van der Waals surface area contributed by atoms with Crippen LogP contribution in [-0.4, -0.2) is 25.2 Å². The monoisotopic (exact) mass is 301 g/mol. The van der Waals surface area contributed by atoms with Crippen molar-refractivity contribution in [1.82, 2.24) is 0 Å². The topological polar surface area (TPSA) is 67.8 Å². The Hall–Kier alpha value is -2.53. The molecule has 22 heavy (non-hydrogen) atoms. The molecule has 0 bridgehead atoms. The van der Waals surface area contributed by atoms with E-state index in [1.807, 2.05) is 19.1 Å². The molecule has 5 nitrogen and oxygen atoms in total. The van der Waals surface area contributed by atoms with E-state index >= 15 is 0 Å². The van der Waals surface area contributed by atoms with Gasteiger partial charge in [-0.1, -0.05) is 17.7 Å². The summed E-state index contributed by atoms with van der Waals surface area (Å²) in [4.78, 5) is 12.2. The summed E-state index contributed by atoms with van der Waals surface area (Å²) in [5.41, 5.74) is 2.07. The van der Waals surface area contributed by atoms with Crippen molar-refractivity contribution in [2.24, 2.45) is 0 Å². The Morgan fingerprint density at radius 3 is 2.36 bits per heavy atom. The minimum absolute atomic E-state index is 0.353. The van der Waals surface area contributed by atoms with Crippen LogP contribution in [0.5, 0.6) is 11.5 Å². The third-order valence-electron chi connectivity index (χ3n) is 3.30. The van der Waals surface area contributed by atoms with Crippen molar-refractivity contribution in [1.29, 1.82) is 0 Å². The van der Waals surface area contributed by atoms with Gasteiger partial charge in [0.1, 0.15) is 11.5 Å². The van der Waals surface area contributed by atoms with Gasteiger partial charge in [0.05, 0.1) is 14.2 Å². The van der Waals surface area contributed by atoms with Crippen LogP contribution < -0.4 is 14.8 Å². The van der Waals surface area contributed by atoms with Gasteiger partial charge in [-0.2, -0.15) is 0 Å². The van der Waals surface area contributed by atoms with Crippen LogP contribution in [0.1, 0.15) is 17.2 Å². The molecule has 0 aliphatic rings. The van der Waals surface area contributed by atoms with Gasteiger partial charge < -0.3 is 19.9 Å². The van der Waals surface area contributed by atoms with Gasteiger partial charge in [0.25, 0.3) is 5.91 Å². The molecule has 0 aromatic heterocycles. The van der Waals surface area contributed by atoms with Gasteiger partial charge in [-0.05, 0) is 37.3 Å². The molecule has 5 heteroatoms. The average Bonchev–Trinajstić information content (AvgIpc) is 2.55. The summed E-state index contributed by atoms with van der Waals surface area (Å²) < 4.78 is 10.3. The first-order valence-corrected chi connectivity index (χ1v) is 6.82. The van der Waals surface area contributed by atoms with Crippen LogP contribution in [0.15, 0.2) is 42.5 Å². The van der Waals surface area contributed by atoms with E-state index in [1.165, 1.54) is 14.2 Å². The van der Waals surface area contributed by atoms with Gasteiger partial charge in [-0.3, -0.25) is 4.79 Å². The number of anilines is 1. The standard InChI is InChI=1S/C17H19NO4/c1-11-4-6-12(7-5-11)18-17(20)16(19)14-10-13(21-2)8-9-15(14)22-3/h4-10,16,19H,1-3H3,(H,18,20). The van der Waals surface area contributed by atoms with Gasteiger partial charge in [0.15, 0.2) is 6.10 Å². The molecule has 0 saturated heterocycles. The van der Waals surface area contributed by atoms with Crippen molar-refractivity contribution >= 4 is 11.6 Å². The fraction of sp³-hybridized carbons (Fsp3) is 0.235. The minimum Gasteiger partial charge on any atom is -0.497 e. The zero-order chi connectivity index (χ0) is 16.1. The predicted molar refractivity (Wildman–Crippen MR) is 84.3 cm³/mol. The van der Waals surface area contributed by atoms with Crippen LogP contribution in [0.3, 0.4) is 0 Å². The molecule has 1 unspecified atom stereocenters. The second-order valence-corrected chi connectivity index (χ2v) is 4.87. The Kier molecular flexibility index (Phi) is 5.01. The Morgan fingerprint density at radius 1 is 1.09 bits per heavy atom. The second-order valence-electron chi connectivity index (χ2n) is 4.87. The van der Waals surface area contributed by atoms with E-state index in [1.54, 1.807) is 30.3 Å². The van der Waals surface area contributed by atoms with Crippen LogP contribution >= 0.6 is 0 Å². The summed E-state index contributed by atoms with van der Waals surface area (Å²) >= 11 is 0. The fourth-order valence-corrected chi connectivity index (χ4v) is 2.04. The van der Waals surface area contributed by atoms with E-state index < -0.39 is 12.0 Å².